The summed E-state index contributed by atoms with van der Waals surface area (Å²) < 4.78 is 5.80. The Hall–Kier alpha value is -3.60. The molecular weight excluding hydrogens is 388 g/mol. The molecule has 0 fully saturated rings. The van der Waals surface area contributed by atoms with E-state index in [0.29, 0.717) is 34.9 Å². The number of benzene rings is 3. The van der Waals surface area contributed by atoms with Gasteiger partial charge in [0.1, 0.15) is 5.75 Å². The first kappa shape index (κ1) is 22.1. The van der Waals surface area contributed by atoms with Crippen LogP contribution in [0.25, 0.3) is 0 Å². The molecule has 0 saturated carbocycles. The number of rotatable bonds is 9. The summed E-state index contributed by atoms with van der Waals surface area (Å²) in [6.07, 6.45) is 3.18. The molecule has 0 radical (unpaired) electrons. The van der Waals surface area contributed by atoms with Crippen LogP contribution in [0.5, 0.6) is 5.75 Å². The van der Waals surface area contributed by atoms with Gasteiger partial charge in [0.15, 0.2) is 0 Å². The number of para-hydroxylation sites is 1. The topological polar surface area (TPSA) is 67.4 Å². The van der Waals surface area contributed by atoms with Crippen molar-refractivity contribution in [1.82, 2.24) is 0 Å². The van der Waals surface area contributed by atoms with Gasteiger partial charge < -0.3 is 15.4 Å². The molecule has 0 saturated heterocycles. The SMILES string of the molecule is CCCCCOc1ccccc1C(=O)Nc1ccc(NC(=O)c2ccccc2C)cc1. The fraction of sp³-hybridized carbons (Fsp3) is 0.231. The predicted molar refractivity (Wildman–Crippen MR) is 125 cm³/mol. The highest BCUT2D eigenvalue weighted by atomic mass is 16.5. The lowest BCUT2D eigenvalue weighted by atomic mass is 10.1. The molecule has 0 aliphatic rings. The molecule has 0 aliphatic heterocycles. The van der Waals surface area contributed by atoms with Gasteiger partial charge in [-0.05, 0) is 61.4 Å². The molecule has 2 N–H and O–H groups in total. The van der Waals surface area contributed by atoms with E-state index in [4.69, 9.17) is 4.74 Å². The number of hydrogen-bond acceptors (Lipinski definition) is 3. The lowest BCUT2D eigenvalue weighted by Gasteiger charge is -2.12. The predicted octanol–water partition coefficient (Wildman–Crippen LogP) is 6.07. The van der Waals surface area contributed by atoms with Crippen molar-refractivity contribution in [2.45, 2.75) is 33.1 Å². The largest absolute Gasteiger partial charge is 0.493 e. The maximum Gasteiger partial charge on any atom is 0.259 e. The van der Waals surface area contributed by atoms with Crippen LogP contribution in [0, 0.1) is 6.92 Å². The van der Waals surface area contributed by atoms with E-state index >= 15 is 0 Å². The number of aryl methyl sites for hydroxylation is 1. The molecule has 3 rings (SSSR count). The normalized spacial score (nSPS) is 10.4. The maximum atomic E-state index is 12.7. The van der Waals surface area contributed by atoms with Crippen LogP contribution >= 0.6 is 0 Å². The molecule has 160 valence electrons. The zero-order valence-electron chi connectivity index (χ0n) is 18.0. The van der Waals surface area contributed by atoms with E-state index in [-0.39, 0.29) is 11.8 Å². The van der Waals surface area contributed by atoms with Crippen molar-refractivity contribution >= 4 is 23.2 Å². The second kappa shape index (κ2) is 11.0. The fourth-order valence-electron chi connectivity index (χ4n) is 3.18. The Morgan fingerprint density at radius 3 is 1.90 bits per heavy atom. The Morgan fingerprint density at radius 2 is 1.29 bits per heavy atom. The van der Waals surface area contributed by atoms with Gasteiger partial charge in [-0.3, -0.25) is 9.59 Å². The van der Waals surface area contributed by atoms with Gasteiger partial charge >= 0.3 is 0 Å². The first-order valence-corrected chi connectivity index (χ1v) is 10.6. The number of hydrogen-bond donors (Lipinski definition) is 2. The molecular formula is C26H28N2O3. The highest BCUT2D eigenvalue weighted by Gasteiger charge is 2.13. The van der Waals surface area contributed by atoms with Crippen LogP contribution in [0.4, 0.5) is 11.4 Å². The molecule has 31 heavy (non-hydrogen) atoms. The molecule has 0 spiro atoms. The summed E-state index contributed by atoms with van der Waals surface area (Å²) in [6.45, 7) is 4.63. The van der Waals surface area contributed by atoms with Crippen LogP contribution in [0.15, 0.2) is 72.8 Å². The van der Waals surface area contributed by atoms with Crippen molar-refractivity contribution in [3.8, 4) is 5.75 Å². The summed E-state index contributed by atoms with van der Waals surface area (Å²) in [7, 11) is 0. The third kappa shape index (κ3) is 6.19. The standard InChI is InChI=1S/C26H28N2O3/c1-3-4-9-18-31-24-13-8-7-12-23(24)26(30)28-21-16-14-20(15-17-21)27-25(29)22-11-6-5-10-19(22)2/h5-8,10-17H,3-4,9,18H2,1-2H3,(H,27,29)(H,28,30). The Morgan fingerprint density at radius 1 is 0.742 bits per heavy atom. The quantitative estimate of drug-likeness (QED) is 0.416. The molecule has 5 heteroatoms. The summed E-state index contributed by atoms with van der Waals surface area (Å²) >= 11 is 0. The maximum absolute atomic E-state index is 12.7. The minimum absolute atomic E-state index is 0.163. The number of ether oxygens (including phenoxy) is 1. The van der Waals surface area contributed by atoms with Crippen LogP contribution in [0.1, 0.15) is 52.5 Å². The first-order chi connectivity index (χ1) is 15.1. The lowest BCUT2D eigenvalue weighted by molar-refractivity contribution is 0.101. The van der Waals surface area contributed by atoms with Crippen LogP contribution in [-0.4, -0.2) is 18.4 Å². The van der Waals surface area contributed by atoms with Gasteiger partial charge in [-0.25, -0.2) is 0 Å². The summed E-state index contributed by atoms with van der Waals surface area (Å²) in [4.78, 5) is 25.2. The Kier molecular flexibility index (Phi) is 7.82. The number of amides is 2. The number of nitrogens with one attached hydrogen (secondary N) is 2. The number of unbranched alkanes of at least 4 members (excludes halogenated alkanes) is 2. The van der Waals surface area contributed by atoms with Gasteiger partial charge in [0.25, 0.3) is 11.8 Å². The molecule has 2 amide bonds. The zero-order valence-corrected chi connectivity index (χ0v) is 18.0. The van der Waals surface area contributed by atoms with E-state index in [0.717, 1.165) is 24.8 Å². The van der Waals surface area contributed by atoms with Crippen LogP contribution < -0.4 is 15.4 Å². The van der Waals surface area contributed by atoms with Gasteiger partial charge in [-0.2, -0.15) is 0 Å². The van der Waals surface area contributed by atoms with Crippen molar-refractivity contribution < 1.29 is 14.3 Å². The molecule has 0 heterocycles. The Bertz CT molecular complexity index is 1030. The van der Waals surface area contributed by atoms with Gasteiger partial charge in [0.05, 0.1) is 12.2 Å². The van der Waals surface area contributed by atoms with E-state index in [2.05, 4.69) is 17.6 Å². The minimum Gasteiger partial charge on any atom is -0.493 e. The molecule has 0 unspecified atom stereocenters. The minimum atomic E-state index is -0.234. The molecule has 0 atom stereocenters. The van der Waals surface area contributed by atoms with Crippen molar-refractivity contribution in [1.29, 1.82) is 0 Å². The fourth-order valence-corrected chi connectivity index (χ4v) is 3.18. The molecule has 5 nitrogen and oxygen atoms in total. The Balaban J connectivity index is 1.62. The third-order valence-electron chi connectivity index (χ3n) is 4.93. The van der Waals surface area contributed by atoms with E-state index in [1.165, 1.54) is 0 Å². The van der Waals surface area contributed by atoms with Gasteiger partial charge in [0.2, 0.25) is 0 Å². The van der Waals surface area contributed by atoms with Gasteiger partial charge in [-0.15, -0.1) is 0 Å². The number of anilines is 2. The highest BCUT2D eigenvalue weighted by molar-refractivity contribution is 6.07. The molecule has 0 aliphatic carbocycles. The lowest BCUT2D eigenvalue weighted by Crippen LogP contribution is -2.15. The third-order valence-corrected chi connectivity index (χ3v) is 4.93. The molecule has 3 aromatic carbocycles. The van der Waals surface area contributed by atoms with Crippen LogP contribution in [0.3, 0.4) is 0 Å². The zero-order chi connectivity index (χ0) is 22.1. The van der Waals surface area contributed by atoms with E-state index in [9.17, 15) is 9.59 Å². The van der Waals surface area contributed by atoms with E-state index in [1.807, 2.05) is 43.3 Å². The van der Waals surface area contributed by atoms with Crippen LogP contribution in [-0.2, 0) is 0 Å². The monoisotopic (exact) mass is 416 g/mol. The summed E-state index contributed by atoms with van der Waals surface area (Å²) in [5.74, 6) is 0.185. The van der Waals surface area contributed by atoms with E-state index < -0.39 is 0 Å². The number of carbonyl (C=O) groups is 2. The highest BCUT2D eigenvalue weighted by Crippen LogP contribution is 2.21. The first-order valence-electron chi connectivity index (χ1n) is 10.6. The second-order valence-electron chi connectivity index (χ2n) is 7.35. The average molecular weight is 417 g/mol. The van der Waals surface area contributed by atoms with Gasteiger partial charge in [0, 0.05) is 16.9 Å². The molecule has 3 aromatic rings. The van der Waals surface area contributed by atoms with Crippen molar-refractivity contribution in [2.24, 2.45) is 0 Å². The average Bonchev–Trinajstić information content (AvgIpc) is 2.78. The molecule has 0 aromatic heterocycles. The van der Waals surface area contributed by atoms with E-state index in [1.54, 1.807) is 36.4 Å². The number of carbonyl (C=O) groups excluding carboxylic acids is 2. The van der Waals surface area contributed by atoms with Crippen molar-refractivity contribution in [2.75, 3.05) is 17.2 Å². The van der Waals surface area contributed by atoms with Gasteiger partial charge in [-0.1, -0.05) is 50.1 Å². The van der Waals surface area contributed by atoms with Crippen LogP contribution in [0.2, 0.25) is 0 Å². The summed E-state index contributed by atoms with van der Waals surface area (Å²) in [5, 5.41) is 5.77. The van der Waals surface area contributed by atoms with Crippen molar-refractivity contribution in [3.63, 3.8) is 0 Å². The summed E-state index contributed by atoms with van der Waals surface area (Å²) in [6, 6.07) is 21.7. The second-order valence-corrected chi connectivity index (χ2v) is 7.35. The summed E-state index contributed by atoms with van der Waals surface area (Å²) in [5.41, 5.74) is 3.34. The smallest absolute Gasteiger partial charge is 0.259 e. The van der Waals surface area contributed by atoms with Crippen molar-refractivity contribution in [3.05, 3.63) is 89.5 Å². The molecule has 0 bridgehead atoms. The Labute approximate surface area is 183 Å².